The fourth-order valence-electron chi connectivity index (χ4n) is 3.94. The van der Waals surface area contributed by atoms with Gasteiger partial charge in [0, 0.05) is 45.3 Å². The molecule has 3 rings (SSSR count). The van der Waals surface area contributed by atoms with Crippen molar-refractivity contribution in [2.75, 3.05) is 25.6 Å². The van der Waals surface area contributed by atoms with E-state index in [4.69, 9.17) is 21.1 Å². The van der Waals surface area contributed by atoms with E-state index in [1.54, 1.807) is 18.4 Å². The molecule has 1 amide bonds. The van der Waals surface area contributed by atoms with Crippen molar-refractivity contribution in [3.05, 3.63) is 52.4 Å². The average Bonchev–Trinajstić information content (AvgIpc) is 3.08. The van der Waals surface area contributed by atoms with Crippen molar-refractivity contribution in [1.29, 1.82) is 0 Å². The largest absolute Gasteiger partial charge is 0.493 e. The van der Waals surface area contributed by atoms with Gasteiger partial charge in [-0.3, -0.25) is 9.69 Å². The molecule has 1 aromatic heterocycles. The van der Waals surface area contributed by atoms with Crippen LogP contribution < -0.4 is 14.8 Å². The highest BCUT2D eigenvalue weighted by Gasteiger charge is 2.15. The first-order chi connectivity index (χ1) is 15.8. The molecule has 0 atom stereocenters. The van der Waals surface area contributed by atoms with Gasteiger partial charge in [-0.2, -0.15) is 0 Å². The molecule has 0 saturated carbocycles. The number of halogens is 1. The monoisotopic (exact) mass is 488 g/mol. The molecule has 0 aliphatic heterocycles. The molecule has 1 heterocycles. The summed E-state index contributed by atoms with van der Waals surface area (Å²) >= 11 is 8.04. The van der Waals surface area contributed by atoms with Crippen LogP contribution in [-0.2, 0) is 11.2 Å². The summed E-state index contributed by atoms with van der Waals surface area (Å²) in [6, 6.07) is 14.3. The van der Waals surface area contributed by atoms with Crippen LogP contribution in [0.5, 0.6) is 11.5 Å². The number of rotatable bonds is 11. The molecule has 5 nitrogen and oxygen atoms in total. The van der Waals surface area contributed by atoms with Crippen LogP contribution >= 0.6 is 22.9 Å². The Labute approximate surface area is 205 Å². The molecule has 2 aromatic carbocycles. The summed E-state index contributed by atoms with van der Waals surface area (Å²) in [6.45, 7) is 10.4. The third-order valence-corrected chi connectivity index (χ3v) is 7.23. The summed E-state index contributed by atoms with van der Waals surface area (Å²) in [6.07, 6.45) is 1.13. The predicted octanol–water partition coefficient (Wildman–Crippen LogP) is 6.63. The van der Waals surface area contributed by atoms with Crippen molar-refractivity contribution >= 4 is 44.6 Å². The van der Waals surface area contributed by atoms with E-state index in [1.165, 1.54) is 0 Å². The van der Waals surface area contributed by atoms with E-state index in [0.29, 0.717) is 40.9 Å². The molecule has 0 unspecified atom stereocenters. The third kappa shape index (κ3) is 6.62. The fourth-order valence-corrected chi connectivity index (χ4v) is 5.44. The number of methoxy groups -OCH3 is 1. The van der Waals surface area contributed by atoms with E-state index in [2.05, 4.69) is 37.9 Å². The zero-order valence-corrected chi connectivity index (χ0v) is 21.6. The van der Waals surface area contributed by atoms with Crippen molar-refractivity contribution in [3.8, 4) is 11.5 Å². The first kappa shape index (κ1) is 25.3. The van der Waals surface area contributed by atoms with E-state index < -0.39 is 0 Å². The number of fused-ring (bicyclic) bond motifs is 1. The summed E-state index contributed by atoms with van der Waals surface area (Å²) in [4.78, 5) is 16.0. The van der Waals surface area contributed by atoms with E-state index in [0.717, 1.165) is 27.9 Å². The van der Waals surface area contributed by atoms with Gasteiger partial charge < -0.3 is 14.8 Å². The molecule has 33 heavy (non-hydrogen) atoms. The van der Waals surface area contributed by atoms with E-state index >= 15 is 0 Å². The number of amides is 1. The number of hydrogen-bond donors (Lipinski definition) is 1. The third-order valence-electron chi connectivity index (χ3n) is 5.51. The maximum atomic E-state index is 12.7. The Bertz CT molecular complexity index is 1070. The second-order valence-corrected chi connectivity index (χ2v) is 10.1. The summed E-state index contributed by atoms with van der Waals surface area (Å²) in [5.41, 5.74) is 0.666. The van der Waals surface area contributed by atoms with Crippen molar-refractivity contribution < 1.29 is 14.3 Å². The number of benzene rings is 2. The summed E-state index contributed by atoms with van der Waals surface area (Å²) in [5, 5.41) is 4.60. The molecule has 3 aromatic rings. The summed E-state index contributed by atoms with van der Waals surface area (Å²) in [5.74, 6) is 1.14. The number of ether oxygens (including phenoxy) is 2. The molecule has 0 aliphatic carbocycles. The Hall–Kier alpha value is -2.28. The molecule has 0 bridgehead atoms. The lowest BCUT2D eigenvalue weighted by atomic mass is 10.2. The first-order valence-electron chi connectivity index (χ1n) is 11.3. The lowest BCUT2D eigenvalue weighted by Gasteiger charge is -2.30. The number of carbonyl (C=O) groups excluding carboxylic acids is 1. The highest BCUT2D eigenvalue weighted by Crippen LogP contribution is 2.36. The van der Waals surface area contributed by atoms with Gasteiger partial charge in [-0.1, -0.05) is 29.8 Å². The van der Waals surface area contributed by atoms with Gasteiger partial charge in [-0.25, -0.2) is 0 Å². The Kier molecular flexibility index (Phi) is 9.01. The Morgan fingerprint density at radius 3 is 2.48 bits per heavy atom. The Morgan fingerprint density at radius 2 is 1.82 bits per heavy atom. The summed E-state index contributed by atoms with van der Waals surface area (Å²) in [7, 11) is 1.61. The number of nitrogens with one attached hydrogen (secondary N) is 1. The van der Waals surface area contributed by atoms with Gasteiger partial charge in [0.25, 0.3) is 0 Å². The molecule has 7 heteroatoms. The number of nitrogens with zero attached hydrogens (tertiary/aromatic N) is 1. The van der Waals surface area contributed by atoms with Crippen LogP contribution in [0.1, 0.15) is 39.0 Å². The minimum Gasteiger partial charge on any atom is -0.493 e. The van der Waals surface area contributed by atoms with Gasteiger partial charge in [-0.15, -0.1) is 11.3 Å². The standard InChI is InChI=1S/C26H33ClN2O3S/c1-17(2)29(18(3)4)13-8-14-32-22-15-19(11-12-21(22)31-5)28-25(30)16-24-26(27)20-9-6-7-10-23(20)33-24/h6-7,9-12,15,17-18H,8,13-14,16H2,1-5H3,(H,28,30). The van der Waals surface area contributed by atoms with Crippen LogP contribution in [0.4, 0.5) is 5.69 Å². The minimum absolute atomic E-state index is 0.121. The predicted molar refractivity (Wildman–Crippen MR) is 139 cm³/mol. The van der Waals surface area contributed by atoms with Crippen molar-refractivity contribution in [3.63, 3.8) is 0 Å². The second-order valence-electron chi connectivity index (χ2n) is 8.55. The normalized spacial score (nSPS) is 11.5. The maximum absolute atomic E-state index is 12.7. The van der Waals surface area contributed by atoms with Gasteiger partial charge >= 0.3 is 0 Å². The van der Waals surface area contributed by atoms with E-state index in [-0.39, 0.29) is 12.3 Å². The number of thiophene rings is 1. The zero-order chi connectivity index (χ0) is 24.0. The lowest BCUT2D eigenvalue weighted by molar-refractivity contribution is -0.115. The summed E-state index contributed by atoms with van der Waals surface area (Å²) < 4.78 is 12.5. The van der Waals surface area contributed by atoms with Crippen LogP contribution in [0, 0.1) is 0 Å². The molecule has 0 radical (unpaired) electrons. The molecule has 0 saturated heterocycles. The molecule has 178 valence electrons. The van der Waals surface area contributed by atoms with Crippen LogP contribution in [0.3, 0.4) is 0 Å². The second kappa shape index (κ2) is 11.7. The van der Waals surface area contributed by atoms with Crippen LogP contribution in [0.15, 0.2) is 42.5 Å². The minimum atomic E-state index is -0.121. The molecular formula is C26H33ClN2O3S. The van der Waals surface area contributed by atoms with Crippen LogP contribution in [-0.4, -0.2) is 43.2 Å². The number of carbonyl (C=O) groups is 1. The first-order valence-corrected chi connectivity index (χ1v) is 12.5. The van der Waals surface area contributed by atoms with Crippen molar-refractivity contribution in [2.45, 2.75) is 52.6 Å². The smallest absolute Gasteiger partial charge is 0.229 e. The average molecular weight is 489 g/mol. The maximum Gasteiger partial charge on any atom is 0.229 e. The van der Waals surface area contributed by atoms with Gasteiger partial charge in [-0.05, 0) is 52.3 Å². The topological polar surface area (TPSA) is 50.8 Å². The Balaban J connectivity index is 1.61. The Morgan fingerprint density at radius 1 is 1.09 bits per heavy atom. The zero-order valence-electron chi connectivity index (χ0n) is 20.0. The molecule has 0 spiro atoms. The molecule has 0 fully saturated rings. The van der Waals surface area contributed by atoms with Gasteiger partial charge in [0.15, 0.2) is 11.5 Å². The molecule has 1 N–H and O–H groups in total. The highest BCUT2D eigenvalue weighted by molar-refractivity contribution is 7.19. The van der Waals surface area contributed by atoms with Gasteiger partial charge in [0.2, 0.25) is 5.91 Å². The van der Waals surface area contributed by atoms with Crippen LogP contribution in [0.25, 0.3) is 10.1 Å². The fraction of sp³-hybridized carbons (Fsp3) is 0.423. The quantitative estimate of drug-likeness (QED) is 0.308. The highest BCUT2D eigenvalue weighted by atomic mass is 35.5. The molecular weight excluding hydrogens is 456 g/mol. The van der Waals surface area contributed by atoms with Gasteiger partial charge in [0.05, 0.1) is 25.2 Å². The van der Waals surface area contributed by atoms with Gasteiger partial charge in [0.1, 0.15) is 0 Å². The lowest BCUT2D eigenvalue weighted by Crippen LogP contribution is -2.38. The van der Waals surface area contributed by atoms with Crippen molar-refractivity contribution in [1.82, 2.24) is 4.90 Å². The van der Waals surface area contributed by atoms with Crippen molar-refractivity contribution in [2.24, 2.45) is 0 Å². The van der Waals surface area contributed by atoms with Crippen LogP contribution in [0.2, 0.25) is 5.02 Å². The van der Waals surface area contributed by atoms with E-state index in [1.807, 2.05) is 42.5 Å². The number of anilines is 1. The number of hydrogen-bond acceptors (Lipinski definition) is 5. The SMILES string of the molecule is COc1ccc(NC(=O)Cc2sc3ccccc3c2Cl)cc1OCCCN(C(C)C)C(C)C. The molecule has 0 aliphatic rings. The van der Waals surface area contributed by atoms with E-state index in [9.17, 15) is 4.79 Å².